The maximum Gasteiger partial charge on any atom is 0.0755 e. The van der Waals surface area contributed by atoms with Gasteiger partial charge in [-0.25, -0.2) is 0 Å². The summed E-state index contributed by atoms with van der Waals surface area (Å²) in [5.41, 5.74) is 0.426. The third-order valence-electron chi connectivity index (χ3n) is 3.42. The second-order valence-corrected chi connectivity index (χ2v) is 6.25. The van der Waals surface area contributed by atoms with Crippen LogP contribution in [-0.2, 0) is 4.74 Å². The van der Waals surface area contributed by atoms with Gasteiger partial charge in [-0.05, 0) is 51.0 Å². The molecule has 2 heteroatoms. The number of hydrogen-bond acceptors (Lipinski definition) is 2. The van der Waals surface area contributed by atoms with Gasteiger partial charge in [0, 0.05) is 12.6 Å². The van der Waals surface area contributed by atoms with E-state index in [1.807, 2.05) is 0 Å². The third kappa shape index (κ3) is 4.84. The van der Waals surface area contributed by atoms with Crippen molar-refractivity contribution in [3.8, 4) is 0 Å². The van der Waals surface area contributed by atoms with Crippen LogP contribution in [0.3, 0.4) is 0 Å². The van der Waals surface area contributed by atoms with Crippen LogP contribution in [0.25, 0.3) is 0 Å². The molecule has 1 N–H and O–H groups in total. The van der Waals surface area contributed by atoms with Gasteiger partial charge in [-0.1, -0.05) is 20.8 Å². The Morgan fingerprint density at radius 1 is 1.31 bits per heavy atom. The molecule has 16 heavy (non-hydrogen) atoms. The lowest BCUT2D eigenvalue weighted by atomic mass is 9.87. The van der Waals surface area contributed by atoms with Crippen molar-refractivity contribution < 1.29 is 4.74 Å². The first kappa shape index (κ1) is 14.0. The number of rotatable bonds is 7. The van der Waals surface area contributed by atoms with Crippen LogP contribution in [0, 0.1) is 11.3 Å². The lowest BCUT2D eigenvalue weighted by Gasteiger charge is -2.29. The fourth-order valence-electron chi connectivity index (χ4n) is 2.26. The van der Waals surface area contributed by atoms with Crippen molar-refractivity contribution in [2.45, 2.75) is 65.5 Å². The van der Waals surface area contributed by atoms with Crippen LogP contribution in [0.1, 0.15) is 53.4 Å². The van der Waals surface area contributed by atoms with Gasteiger partial charge < -0.3 is 10.1 Å². The van der Waals surface area contributed by atoms with Crippen molar-refractivity contribution in [2.24, 2.45) is 11.3 Å². The van der Waals surface area contributed by atoms with Crippen molar-refractivity contribution in [3.63, 3.8) is 0 Å². The second kappa shape index (κ2) is 6.02. The van der Waals surface area contributed by atoms with Gasteiger partial charge in [0.1, 0.15) is 0 Å². The van der Waals surface area contributed by atoms with E-state index in [1.54, 1.807) is 0 Å². The van der Waals surface area contributed by atoms with Crippen molar-refractivity contribution in [1.29, 1.82) is 0 Å². The first-order chi connectivity index (χ1) is 7.48. The summed E-state index contributed by atoms with van der Waals surface area (Å²) < 4.78 is 5.92. The van der Waals surface area contributed by atoms with Crippen molar-refractivity contribution in [3.05, 3.63) is 0 Å². The normalized spacial score (nSPS) is 20.8. The van der Waals surface area contributed by atoms with Crippen LogP contribution in [0.4, 0.5) is 0 Å². The summed E-state index contributed by atoms with van der Waals surface area (Å²) in [7, 11) is 2.07. The summed E-state index contributed by atoms with van der Waals surface area (Å²) in [6, 6.07) is 0.534. The van der Waals surface area contributed by atoms with Gasteiger partial charge in [0.15, 0.2) is 0 Å². The van der Waals surface area contributed by atoms with E-state index in [4.69, 9.17) is 4.74 Å². The zero-order chi connectivity index (χ0) is 12.2. The zero-order valence-electron chi connectivity index (χ0n) is 11.7. The molecule has 1 fully saturated rings. The molecule has 0 aromatic rings. The summed E-state index contributed by atoms with van der Waals surface area (Å²) in [6.45, 7) is 9.88. The summed E-state index contributed by atoms with van der Waals surface area (Å²) in [5, 5.41) is 3.46. The summed E-state index contributed by atoms with van der Waals surface area (Å²) in [6.07, 6.45) is 5.64. The van der Waals surface area contributed by atoms with Gasteiger partial charge in [0.25, 0.3) is 0 Å². The summed E-state index contributed by atoms with van der Waals surface area (Å²) in [5.74, 6) is 0.817. The van der Waals surface area contributed by atoms with E-state index in [-0.39, 0.29) is 0 Å². The Morgan fingerprint density at radius 2 is 1.94 bits per heavy atom. The lowest BCUT2D eigenvalue weighted by Crippen LogP contribution is -2.41. The highest BCUT2D eigenvalue weighted by molar-refractivity contribution is 4.90. The van der Waals surface area contributed by atoms with Gasteiger partial charge in [-0.15, -0.1) is 0 Å². The molecule has 0 aliphatic heterocycles. The summed E-state index contributed by atoms with van der Waals surface area (Å²) in [4.78, 5) is 0. The van der Waals surface area contributed by atoms with Crippen LogP contribution in [0.5, 0.6) is 0 Å². The Hall–Kier alpha value is -0.0800. The van der Waals surface area contributed by atoms with Crippen LogP contribution >= 0.6 is 0 Å². The van der Waals surface area contributed by atoms with Gasteiger partial charge in [0.2, 0.25) is 0 Å². The Morgan fingerprint density at radius 3 is 2.31 bits per heavy atom. The quantitative estimate of drug-likeness (QED) is 0.721. The molecule has 0 bridgehead atoms. The smallest absolute Gasteiger partial charge is 0.0755 e. The molecule has 0 saturated heterocycles. The van der Waals surface area contributed by atoms with Crippen LogP contribution < -0.4 is 5.32 Å². The van der Waals surface area contributed by atoms with Crippen molar-refractivity contribution >= 4 is 0 Å². The third-order valence-corrected chi connectivity index (χ3v) is 3.42. The lowest BCUT2D eigenvalue weighted by molar-refractivity contribution is 0.0163. The zero-order valence-corrected chi connectivity index (χ0v) is 11.7. The SMILES string of the molecule is CCOC(C1CC1)C(CCC(C)(C)C)NC. The van der Waals surface area contributed by atoms with E-state index in [0.717, 1.165) is 12.5 Å². The largest absolute Gasteiger partial charge is 0.377 e. The Bertz CT molecular complexity index is 193. The maximum atomic E-state index is 5.92. The van der Waals surface area contributed by atoms with E-state index >= 15 is 0 Å². The number of nitrogens with one attached hydrogen (secondary N) is 1. The molecule has 0 heterocycles. The molecule has 2 nitrogen and oxygen atoms in total. The van der Waals surface area contributed by atoms with E-state index in [9.17, 15) is 0 Å². The maximum absolute atomic E-state index is 5.92. The predicted molar refractivity (Wildman–Crippen MR) is 69.7 cm³/mol. The van der Waals surface area contributed by atoms with Crippen LogP contribution in [-0.4, -0.2) is 25.8 Å². The monoisotopic (exact) mass is 227 g/mol. The fourth-order valence-corrected chi connectivity index (χ4v) is 2.26. The molecule has 0 aromatic carbocycles. The molecular formula is C14H29NO. The van der Waals surface area contributed by atoms with Gasteiger partial charge in [0.05, 0.1) is 6.10 Å². The minimum atomic E-state index is 0.426. The van der Waals surface area contributed by atoms with Crippen LogP contribution in [0.2, 0.25) is 0 Å². The van der Waals surface area contributed by atoms with Gasteiger partial charge in [-0.3, -0.25) is 0 Å². The topological polar surface area (TPSA) is 21.3 Å². The highest BCUT2D eigenvalue weighted by Crippen LogP contribution is 2.37. The van der Waals surface area contributed by atoms with Gasteiger partial charge in [-0.2, -0.15) is 0 Å². The minimum absolute atomic E-state index is 0.426. The minimum Gasteiger partial charge on any atom is -0.377 e. The Kier molecular flexibility index (Phi) is 5.26. The molecule has 1 saturated carbocycles. The summed E-state index contributed by atoms with van der Waals surface area (Å²) >= 11 is 0. The first-order valence-electron chi connectivity index (χ1n) is 6.77. The fraction of sp³-hybridized carbons (Fsp3) is 1.00. The highest BCUT2D eigenvalue weighted by atomic mass is 16.5. The molecule has 0 spiro atoms. The molecule has 0 radical (unpaired) electrons. The molecular weight excluding hydrogens is 198 g/mol. The molecule has 0 aromatic heterocycles. The Balaban J connectivity index is 2.43. The molecule has 0 amide bonds. The van der Waals surface area contributed by atoms with E-state index in [2.05, 4.69) is 40.1 Å². The molecule has 1 rings (SSSR count). The predicted octanol–water partition coefficient (Wildman–Crippen LogP) is 3.22. The van der Waals surface area contributed by atoms with Crippen molar-refractivity contribution in [2.75, 3.05) is 13.7 Å². The molecule has 2 unspecified atom stereocenters. The molecule has 1 aliphatic carbocycles. The second-order valence-electron chi connectivity index (χ2n) is 6.25. The average Bonchev–Trinajstić information content (AvgIpc) is 2.98. The molecule has 1 aliphatic rings. The van der Waals surface area contributed by atoms with E-state index in [1.165, 1.54) is 25.7 Å². The Labute approximate surface area is 101 Å². The first-order valence-corrected chi connectivity index (χ1v) is 6.77. The number of ether oxygens (including phenoxy) is 1. The van der Waals surface area contributed by atoms with E-state index < -0.39 is 0 Å². The van der Waals surface area contributed by atoms with Crippen LogP contribution in [0.15, 0.2) is 0 Å². The highest BCUT2D eigenvalue weighted by Gasteiger charge is 2.36. The molecule has 2 atom stereocenters. The standard InChI is InChI=1S/C14H29NO/c1-6-16-13(11-7-8-11)12(15-5)9-10-14(2,3)4/h11-13,15H,6-10H2,1-5H3. The van der Waals surface area contributed by atoms with Gasteiger partial charge >= 0.3 is 0 Å². The number of hydrogen-bond donors (Lipinski definition) is 1. The average molecular weight is 227 g/mol. The molecule has 96 valence electrons. The van der Waals surface area contributed by atoms with Crippen molar-refractivity contribution in [1.82, 2.24) is 5.32 Å². The number of likely N-dealkylation sites (N-methyl/N-ethyl adjacent to an activating group) is 1. The van der Waals surface area contributed by atoms with E-state index in [0.29, 0.717) is 17.6 Å².